The topological polar surface area (TPSA) is 118 Å². The molecule has 0 unspecified atom stereocenters. The van der Waals surface area contributed by atoms with Crippen molar-refractivity contribution in [3.05, 3.63) is 71.6 Å². The summed E-state index contributed by atoms with van der Waals surface area (Å²) in [7, 11) is -2.37. The molecule has 9 nitrogen and oxygen atoms in total. The highest BCUT2D eigenvalue weighted by Crippen LogP contribution is 2.53. The Morgan fingerprint density at radius 3 is 2.51 bits per heavy atom. The SMILES string of the molecule is COC(=O)c1cccc(-c2noc(C34CCC(COS(=O)(=O)Cc5ccccc5)(CC3)CO4)n2)c1. The number of benzene rings is 2. The summed E-state index contributed by atoms with van der Waals surface area (Å²) in [5, 5.41) is 4.10. The standard InChI is InChI=1S/C25H26N2O7S/c1-31-22(28)20-9-5-8-19(14-20)21-26-23(34-27-21)25-12-10-24(11-13-25,16-32-25)17-33-35(29,30)15-18-6-3-2-4-7-18/h2-9,14H,10-13,15-17H2,1H3. The maximum absolute atomic E-state index is 12.5. The van der Waals surface area contributed by atoms with Crippen molar-refractivity contribution in [2.75, 3.05) is 20.3 Å². The summed E-state index contributed by atoms with van der Waals surface area (Å²) in [6, 6.07) is 15.8. The molecule has 0 amide bonds. The van der Waals surface area contributed by atoms with E-state index in [0.717, 1.165) is 12.8 Å². The van der Waals surface area contributed by atoms with Gasteiger partial charge in [0.1, 0.15) is 11.4 Å². The van der Waals surface area contributed by atoms with Crippen LogP contribution in [0.15, 0.2) is 59.1 Å². The number of hydrogen-bond donors (Lipinski definition) is 0. The second kappa shape index (κ2) is 9.18. The quantitative estimate of drug-likeness (QED) is 0.337. The van der Waals surface area contributed by atoms with Crippen LogP contribution in [0.4, 0.5) is 0 Å². The van der Waals surface area contributed by atoms with Crippen LogP contribution in [-0.4, -0.2) is 44.9 Å². The molecule has 2 saturated heterocycles. The highest BCUT2D eigenvalue weighted by atomic mass is 32.2. The molecule has 2 bridgehead atoms. The van der Waals surface area contributed by atoms with E-state index in [9.17, 15) is 13.2 Å². The van der Waals surface area contributed by atoms with Crippen LogP contribution in [0.5, 0.6) is 0 Å². The first-order valence-electron chi connectivity index (χ1n) is 11.4. The molecule has 6 rings (SSSR count). The fraction of sp³-hybridized carbons (Fsp3) is 0.400. The van der Waals surface area contributed by atoms with E-state index in [2.05, 4.69) is 10.1 Å². The fourth-order valence-corrected chi connectivity index (χ4v) is 5.80. The van der Waals surface area contributed by atoms with E-state index in [0.29, 0.717) is 47.9 Å². The van der Waals surface area contributed by atoms with Crippen LogP contribution in [-0.2, 0) is 35.1 Å². The van der Waals surface area contributed by atoms with E-state index in [1.165, 1.54) is 7.11 Å². The Morgan fingerprint density at radius 2 is 1.83 bits per heavy atom. The van der Waals surface area contributed by atoms with Crippen molar-refractivity contribution >= 4 is 16.1 Å². The lowest BCUT2D eigenvalue weighted by Crippen LogP contribution is -2.51. The van der Waals surface area contributed by atoms with Gasteiger partial charge in [-0.15, -0.1) is 0 Å². The minimum atomic E-state index is -3.70. The van der Waals surface area contributed by atoms with Crippen molar-refractivity contribution < 1.29 is 31.4 Å². The Morgan fingerprint density at radius 1 is 1.06 bits per heavy atom. The molecule has 10 heteroatoms. The minimum absolute atomic E-state index is 0.0909. The van der Waals surface area contributed by atoms with Gasteiger partial charge in [-0.1, -0.05) is 47.6 Å². The van der Waals surface area contributed by atoms with Crippen LogP contribution in [0.2, 0.25) is 0 Å². The molecule has 2 aliphatic heterocycles. The summed E-state index contributed by atoms with van der Waals surface area (Å²) in [5.74, 6) is 0.154. The molecule has 0 N–H and O–H groups in total. The number of methoxy groups -OCH3 is 1. The Bertz CT molecular complexity index is 1300. The number of hydrogen-bond acceptors (Lipinski definition) is 9. The highest BCUT2D eigenvalue weighted by Gasteiger charge is 2.54. The third kappa shape index (κ3) is 4.86. The molecule has 1 aromatic heterocycles. The molecule has 35 heavy (non-hydrogen) atoms. The van der Waals surface area contributed by atoms with Gasteiger partial charge in [-0.05, 0) is 43.4 Å². The lowest BCUT2D eigenvalue weighted by Gasteiger charge is -2.50. The number of rotatable bonds is 8. The molecule has 3 fully saturated rings. The first kappa shape index (κ1) is 23.7. The molecular weight excluding hydrogens is 472 g/mol. The summed E-state index contributed by atoms with van der Waals surface area (Å²) >= 11 is 0. The molecule has 1 aliphatic carbocycles. The van der Waals surface area contributed by atoms with Crippen molar-refractivity contribution in [1.82, 2.24) is 10.1 Å². The van der Waals surface area contributed by atoms with Crippen LogP contribution in [0.25, 0.3) is 11.4 Å². The van der Waals surface area contributed by atoms with E-state index < -0.39 is 21.7 Å². The van der Waals surface area contributed by atoms with E-state index >= 15 is 0 Å². The monoisotopic (exact) mass is 498 g/mol. The zero-order valence-electron chi connectivity index (χ0n) is 19.3. The summed E-state index contributed by atoms with van der Waals surface area (Å²) < 4.78 is 47.0. The van der Waals surface area contributed by atoms with Gasteiger partial charge < -0.3 is 14.0 Å². The highest BCUT2D eigenvalue weighted by molar-refractivity contribution is 7.85. The zero-order valence-corrected chi connectivity index (χ0v) is 20.1. The minimum Gasteiger partial charge on any atom is -0.465 e. The van der Waals surface area contributed by atoms with Crippen LogP contribution < -0.4 is 0 Å². The molecular formula is C25H26N2O7S. The van der Waals surface area contributed by atoms with Gasteiger partial charge in [0.25, 0.3) is 16.0 Å². The van der Waals surface area contributed by atoms with Gasteiger partial charge in [0.15, 0.2) is 0 Å². The lowest BCUT2D eigenvalue weighted by molar-refractivity contribution is -0.207. The largest absolute Gasteiger partial charge is 0.465 e. The third-order valence-corrected chi connectivity index (χ3v) is 8.03. The Balaban J connectivity index is 1.24. The molecule has 0 atom stereocenters. The zero-order chi connectivity index (χ0) is 24.5. The van der Waals surface area contributed by atoms with Crippen LogP contribution in [0, 0.1) is 5.41 Å². The number of aromatic nitrogens is 2. The van der Waals surface area contributed by atoms with Crippen molar-refractivity contribution in [1.29, 1.82) is 0 Å². The van der Waals surface area contributed by atoms with Gasteiger partial charge in [-0.3, -0.25) is 4.18 Å². The second-order valence-corrected chi connectivity index (χ2v) is 10.9. The molecule has 3 aliphatic rings. The van der Waals surface area contributed by atoms with Gasteiger partial charge >= 0.3 is 5.97 Å². The maximum atomic E-state index is 12.5. The molecule has 3 aromatic rings. The molecule has 3 heterocycles. The summed E-state index contributed by atoms with van der Waals surface area (Å²) in [6.07, 6.45) is 2.70. The van der Waals surface area contributed by atoms with Crippen LogP contribution in [0.3, 0.4) is 0 Å². The van der Waals surface area contributed by atoms with Gasteiger partial charge in [-0.25, -0.2) is 4.79 Å². The normalized spacial score (nSPS) is 23.8. The van der Waals surface area contributed by atoms with E-state index in [-0.39, 0.29) is 17.8 Å². The molecule has 2 aromatic carbocycles. The number of ether oxygens (including phenoxy) is 2. The predicted molar refractivity (Wildman–Crippen MR) is 125 cm³/mol. The fourth-order valence-electron chi connectivity index (χ4n) is 4.69. The summed E-state index contributed by atoms with van der Waals surface area (Å²) in [4.78, 5) is 16.4. The van der Waals surface area contributed by atoms with Crippen LogP contribution in [0.1, 0.15) is 47.5 Å². The first-order chi connectivity index (χ1) is 16.8. The van der Waals surface area contributed by atoms with Gasteiger partial charge in [-0.2, -0.15) is 13.4 Å². The van der Waals surface area contributed by atoms with Gasteiger partial charge in [0.2, 0.25) is 5.82 Å². The number of esters is 1. The molecule has 1 saturated carbocycles. The summed E-state index contributed by atoms with van der Waals surface area (Å²) in [5.41, 5.74) is 0.668. The van der Waals surface area contributed by atoms with Crippen molar-refractivity contribution in [3.8, 4) is 11.4 Å². The molecule has 0 radical (unpaired) electrons. The second-order valence-electron chi connectivity index (χ2n) is 9.23. The van der Waals surface area contributed by atoms with Crippen LogP contribution >= 0.6 is 0 Å². The predicted octanol–water partition coefficient (Wildman–Crippen LogP) is 3.86. The molecule has 184 valence electrons. The first-order valence-corrected chi connectivity index (χ1v) is 13.0. The van der Waals surface area contributed by atoms with E-state index in [1.807, 2.05) is 6.07 Å². The van der Waals surface area contributed by atoms with Crippen molar-refractivity contribution in [2.45, 2.75) is 37.0 Å². The number of carbonyl (C=O) groups is 1. The average molecular weight is 499 g/mol. The Labute approximate surface area is 203 Å². The third-order valence-electron chi connectivity index (χ3n) is 6.86. The number of fused-ring (bicyclic) bond motifs is 3. The van der Waals surface area contributed by atoms with Gasteiger partial charge in [0.05, 0.1) is 25.9 Å². The lowest BCUT2D eigenvalue weighted by atomic mass is 9.66. The Hall–Kier alpha value is -3.08. The average Bonchev–Trinajstić information content (AvgIpc) is 3.40. The van der Waals surface area contributed by atoms with Gasteiger partial charge in [0, 0.05) is 11.0 Å². The van der Waals surface area contributed by atoms with Crippen molar-refractivity contribution in [2.24, 2.45) is 5.41 Å². The maximum Gasteiger partial charge on any atom is 0.337 e. The van der Waals surface area contributed by atoms with Crippen molar-refractivity contribution in [3.63, 3.8) is 0 Å². The smallest absolute Gasteiger partial charge is 0.337 e. The Kier molecular flexibility index (Phi) is 6.20. The van der Waals surface area contributed by atoms with E-state index in [1.54, 1.807) is 48.5 Å². The number of nitrogens with zero attached hydrogens (tertiary/aromatic N) is 2. The molecule has 0 spiro atoms. The number of carbonyl (C=O) groups excluding carboxylic acids is 1. The van der Waals surface area contributed by atoms with E-state index in [4.69, 9.17) is 18.2 Å². The summed E-state index contributed by atoms with van der Waals surface area (Å²) in [6.45, 7) is 0.442.